The normalized spacial score (nSPS) is 16.2. The van der Waals surface area contributed by atoms with Gasteiger partial charge in [-0.2, -0.15) is 0 Å². The van der Waals surface area contributed by atoms with Crippen molar-refractivity contribution in [2.45, 2.75) is 40.7 Å². The van der Waals surface area contributed by atoms with Crippen LogP contribution in [-0.2, 0) is 9.47 Å². The SMILES string of the molecule is COC(=O)c1c(C)[nH]c(C(=O)C(C)N2CCN(C(=O)OCC(C)C)CC2)c1C. The van der Waals surface area contributed by atoms with Gasteiger partial charge in [-0.3, -0.25) is 9.69 Å². The number of esters is 1. The first-order chi connectivity index (χ1) is 13.2. The molecule has 1 unspecified atom stereocenters. The number of carbonyl (C=O) groups is 3. The van der Waals surface area contributed by atoms with Crippen molar-refractivity contribution < 1.29 is 23.9 Å². The summed E-state index contributed by atoms with van der Waals surface area (Å²) in [4.78, 5) is 43.8. The number of ketones is 1. The number of H-pyrrole nitrogens is 1. The van der Waals surface area contributed by atoms with Gasteiger partial charge in [-0.05, 0) is 32.3 Å². The molecule has 1 fully saturated rings. The van der Waals surface area contributed by atoms with Gasteiger partial charge in [0.05, 0.1) is 31.0 Å². The standard InChI is InChI=1S/C20H31N3O5/c1-12(2)11-28-20(26)23-9-7-22(8-10-23)15(5)18(24)17-13(3)16(14(4)21-17)19(25)27-6/h12,15,21H,7-11H2,1-6H3. The Balaban J connectivity index is 2.00. The Kier molecular flexibility index (Phi) is 7.23. The molecule has 156 valence electrons. The zero-order chi connectivity index (χ0) is 21.0. The highest BCUT2D eigenvalue weighted by Crippen LogP contribution is 2.22. The summed E-state index contributed by atoms with van der Waals surface area (Å²) in [5.74, 6) is -0.233. The third kappa shape index (κ3) is 4.73. The van der Waals surface area contributed by atoms with Crippen LogP contribution < -0.4 is 0 Å². The number of hydrogen-bond acceptors (Lipinski definition) is 6. The number of nitrogens with one attached hydrogen (secondary N) is 1. The first kappa shape index (κ1) is 21.9. The number of nitrogens with zero attached hydrogens (tertiary/aromatic N) is 2. The molecule has 1 N–H and O–H groups in total. The van der Waals surface area contributed by atoms with Crippen molar-refractivity contribution >= 4 is 17.8 Å². The van der Waals surface area contributed by atoms with Gasteiger partial charge in [0, 0.05) is 31.9 Å². The molecule has 0 aliphatic carbocycles. The van der Waals surface area contributed by atoms with Crippen LogP contribution in [0.1, 0.15) is 52.9 Å². The maximum Gasteiger partial charge on any atom is 0.409 e. The summed E-state index contributed by atoms with van der Waals surface area (Å²) in [5.41, 5.74) is 2.08. The van der Waals surface area contributed by atoms with Crippen molar-refractivity contribution in [2.75, 3.05) is 39.9 Å². The van der Waals surface area contributed by atoms with Crippen molar-refractivity contribution in [1.82, 2.24) is 14.8 Å². The third-order valence-corrected chi connectivity index (χ3v) is 5.11. The van der Waals surface area contributed by atoms with Gasteiger partial charge in [-0.15, -0.1) is 0 Å². The van der Waals surface area contributed by atoms with E-state index in [9.17, 15) is 14.4 Å². The van der Waals surface area contributed by atoms with Crippen LogP contribution in [0.15, 0.2) is 0 Å². The number of carbonyl (C=O) groups excluding carboxylic acids is 3. The summed E-state index contributed by atoms with van der Waals surface area (Å²) in [6.07, 6.45) is -0.300. The minimum Gasteiger partial charge on any atom is -0.465 e. The van der Waals surface area contributed by atoms with Crippen LogP contribution in [0.4, 0.5) is 4.79 Å². The molecule has 1 aliphatic heterocycles. The Morgan fingerprint density at radius 1 is 1.07 bits per heavy atom. The van der Waals surface area contributed by atoms with Crippen LogP contribution in [0, 0.1) is 19.8 Å². The molecule has 0 radical (unpaired) electrons. The van der Waals surface area contributed by atoms with E-state index < -0.39 is 5.97 Å². The second-order valence-corrected chi connectivity index (χ2v) is 7.65. The van der Waals surface area contributed by atoms with Gasteiger partial charge in [0.2, 0.25) is 0 Å². The Morgan fingerprint density at radius 2 is 1.68 bits per heavy atom. The quantitative estimate of drug-likeness (QED) is 0.589. The lowest BCUT2D eigenvalue weighted by atomic mass is 10.0. The number of ether oxygens (including phenoxy) is 2. The van der Waals surface area contributed by atoms with Crippen LogP contribution in [0.5, 0.6) is 0 Å². The molecular formula is C20H31N3O5. The maximum atomic E-state index is 13.0. The molecule has 1 aliphatic rings. The number of hydrogen-bond donors (Lipinski definition) is 1. The van der Waals surface area contributed by atoms with Crippen LogP contribution in [0.25, 0.3) is 0 Å². The highest BCUT2D eigenvalue weighted by atomic mass is 16.6. The molecule has 1 saturated heterocycles. The van der Waals surface area contributed by atoms with Gasteiger partial charge in [0.15, 0.2) is 5.78 Å². The Morgan fingerprint density at radius 3 is 2.21 bits per heavy atom. The van der Waals surface area contributed by atoms with E-state index in [2.05, 4.69) is 4.98 Å². The molecule has 1 aromatic heterocycles. The fourth-order valence-corrected chi connectivity index (χ4v) is 3.40. The van der Waals surface area contributed by atoms with Gasteiger partial charge in [-0.25, -0.2) is 9.59 Å². The van der Waals surface area contributed by atoms with Crippen molar-refractivity contribution in [2.24, 2.45) is 5.92 Å². The van der Waals surface area contributed by atoms with E-state index in [4.69, 9.17) is 9.47 Å². The van der Waals surface area contributed by atoms with Gasteiger partial charge in [-0.1, -0.05) is 13.8 Å². The lowest BCUT2D eigenvalue weighted by Gasteiger charge is -2.36. The van der Waals surface area contributed by atoms with Crippen LogP contribution >= 0.6 is 0 Å². The van der Waals surface area contributed by atoms with Crippen LogP contribution in [-0.4, -0.2) is 78.6 Å². The predicted octanol–water partition coefficient (Wildman–Crippen LogP) is 2.40. The van der Waals surface area contributed by atoms with E-state index in [1.807, 2.05) is 25.7 Å². The molecule has 8 heteroatoms. The van der Waals surface area contributed by atoms with Crippen LogP contribution in [0.2, 0.25) is 0 Å². The van der Waals surface area contributed by atoms with E-state index >= 15 is 0 Å². The molecule has 1 amide bonds. The molecule has 2 heterocycles. The topological polar surface area (TPSA) is 91.9 Å². The summed E-state index contributed by atoms with van der Waals surface area (Å²) in [5, 5.41) is 0. The number of methoxy groups -OCH3 is 1. The van der Waals surface area contributed by atoms with E-state index in [1.54, 1.807) is 18.7 Å². The zero-order valence-corrected chi connectivity index (χ0v) is 17.6. The monoisotopic (exact) mass is 393 g/mol. The maximum absolute atomic E-state index is 13.0. The van der Waals surface area contributed by atoms with Gasteiger partial charge in [0.25, 0.3) is 0 Å². The third-order valence-electron chi connectivity index (χ3n) is 5.11. The summed E-state index contributed by atoms with van der Waals surface area (Å²) >= 11 is 0. The van der Waals surface area contributed by atoms with E-state index in [1.165, 1.54) is 7.11 Å². The first-order valence-corrected chi connectivity index (χ1v) is 9.64. The zero-order valence-electron chi connectivity index (χ0n) is 17.6. The largest absolute Gasteiger partial charge is 0.465 e. The number of Topliss-reactive ketones (excluding diaryl/α,β-unsaturated/α-hetero) is 1. The Hall–Kier alpha value is -2.35. The molecule has 0 saturated carbocycles. The molecule has 0 aromatic carbocycles. The molecule has 28 heavy (non-hydrogen) atoms. The Bertz CT molecular complexity index is 732. The lowest BCUT2D eigenvalue weighted by molar-refractivity contribution is 0.0549. The molecule has 8 nitrogen and oxygen atoms in total. The first-order valence-electron chi connectivity index (χ1n) is 9.64. The van der Waals surface area contributed by atoms with E-state index in [0.717, 1.165) is 0 Å². The van der Waals surface area contributed by atoms with Crippen molar-refractivity contribution in [3.63, 3.8) is 0 Å². The van der Waals surface area contributed by atoms with Crippen molar-refractivity contribution in [3.05, 3.63) is 22.5 Å². The fraction of sp³-hybridized carbons (Fsp3) is 0.650. The Labute approximate surface area is 166 Å². The lowest BCUT2D eigenvalue weighted by Crippen LogP contribution is -2.53. The average molecular weight is 393 g/mol. The highest BCUT2D eigenvalue weighted by Gasteiger charge is 2.31. The fourth-order valence-electron chi connectivity index (χ4n) is 3.40. The summed E-state index contributed by atoms with van der Waals surface area (Å²) in [7, 11) is 1.32. The van der Waals surface area contributed by atoms with Gasteiger partial charge < -0.3 is 19.4 Å². The average Bonchev–Trinajstić information content (AvgIpc) is 2.98. The van der Waals surface area contributed by atoms with E-state index in [0.29, 0.717) is 61.2 Å². The second-order valence-electron chi connectivity index (χ2n) is 7.65. The molecule has 0 bridgehead atoms. The minimum atomic E-state index is -0.452. The van der Waals surface area contributed by atoms with Gasteiger partial charge in [0.1, 0.15) is 0 Å². The second kappa shape index (κ2) is 9.23. The number of aromatic nitrogens is 1. The number of aryl methyl sites for hydroxylation is 1. The molecule has 1 aromatic rings. The predicted molar refractivity (Wildman–Crippen MR) is 105 cm³/mol. The molecule has 1 atom stereocenters. The molecular weight excluding hydrogens is 362 g/mol. The summed E-state index contributed by atoms with van der Waals surface area (Å²) in [6, 6.07) is -0.365. The molecule has 0 spiro atoms. The van der Waals surface area contributed by atoms with Crippen LogP contribution in [0.3, 0.4) is 0 Å². The molecule has 2 rings (SSSR count). The van der Waals surface area contributed by atoms with E-state index in [-0.39, 0.29) is 17.9 Å². The highest BCUT2D eigenvalue weighted by molar-refractivity contribution is 6.03. The van der Waals surface area contributed by atoms with Crippen molar-refractivity contribution in [1.29, 1.82) is 0 Å². The smallest absolute Gasteiger partial charge is 0.409 e. The van der Waals surface area contributed by atoms with Crippen molar-refractivity contribution in [3.8, 4) is 0 Å². The summed E-state index contributed by atoms with van der Waals surface area (Å²) < 4.78 is 10.1. The number of aromatic amines is 1. The number of amides is 1. The van der Waals surface area contributed by atoms with Gasteiger partial charge >= 0.3 is 12.1 Å². The number of piperazine rings is 1. The minimum absolute atomic E-state index is 0.0772. The number of rotatable bonds is 6. The summed E-state index contributed by atoms with van der Waals surface area (Å²) in [6.45, 7) is 12.0.